The minimum Gasteiger partial charge on any atom is -0.516 e. The van der Waals surface area contributed by atoms with Gasteiger partial charge in [0.2, 0.25) is 0 Å². The number of fused-ring (bicyclic) bond motifs is 1. The molecule has 0 fully saturated rings. The Morgan fingerprint density at radius 1 is 1.31 bits per heavy atom. The first-order chi connectivity index (χ1) is 6.40. The zero-order chi connectivity index (χ0) is 9.10. The number of furan rings is 1. The molecule has 66 valence electrons. The summed E-state index contributed by atoms with van der Waals surface area (Å²) in [7, 11) is 0. The van der Waals surface area contributed by atoms with Crippen LogP contribution in [-0.2, 0) is 6.42 Å². The maximum Gasteiger partial charge on any atom is 0.134 e. The highest BCUT2D eigenvalue weighted by molar-refractivity contribution is 5.77. The first-order valence-electron chi connectivity index (χ1n) is 4.17. The van der Waals surface area contributed by atoms with E-state index in [0.717, 1.165) is 23.0 Å². The maximum atomic E-state index is 8.48. The van der Waals surface area contributed by atoms with E-state index in [2.05, 4.69) is 0 Å². The molecule has 1 N–H and O–H groups in total. The highest BCUT2D eigenvalue weighted by Gasteiger charge is 1.99. The fourth-order valence-corrected chi connectivity index (χ4v) is 1.31. The summed E-state index contributed by atoms with van der Waals surface area (Å²) in [6.07, 6.45) is 3.32. The van der Waals surface area contributed by atoms with Crippen LogP contribution in [0.1, 0.15) is 5.76 Å². The quantitative estimate of drug-likeness (QED) is 0.710. The molecule has 0 bridgehead atoms. The summed E-state index contributed by atoms with van der Waals surface area (Å²) in [5.74, 6) is 0.867. The van der Waals surface area contributed by atoms with Gasteiger partial charge in [-0.2, -0.15) is 0 Å². The van der Waals surface area contributed by atoms with Gasteiger partial charge in [0.15, 0.2) is 0 Å². The van der Waals surface area contributed by atoms with Crippen molar-refractivity contribution in [2.24, 2.45) is 0 Å². The van der Waals surface area contributed by atoms with Gasteiger partial charge < -0.3 is 9.52 Å². The molecule has 0 aliphatic heterocycles. The smallest absolute Gasteiger partial charge is 0.134 e. The van der Waals surface area contributed by atoms with Gasteiger partial charge in [-0.05, 0) is 18.2 Å². The Hall–Kier alpha value is -1.70. The van der Waals surface area contributed by atoms with E-state index < -0.39 is 0 Å². The van der Waals surface area contributed by atoms with Crippen molar-refractivity contribution in [2.75, 3.05) is 0 Å². The Kier molecular flexibility index (Phi) is 2.04. The summed E-state index contributed by atoms with van der Waals surface area (Å²) >= 11 is 0. The molecule has 0 radical (unpaired) electrons. The lowest BCUT2D eigenvalue weighted by molar-refractivity contribution is 0.469. The van der Waals surface area contributed by atoms with Crippen molar-refractivity contribution < 1.29 is 9.52 Å². The van der Waals surface area contributed by atoms with Crippen LogP contribution in [0.5, 0.6) is 0 Å². The lowest BCUT2D eigenvalue weighted by Crippen LogP contribution is -1.72. The van der Waals surface area contributed by atoms with Gasteiger partial charge in [-0.1, -0.05) is 18.2 Å². The predicted molar refractivity (Wildman–Crippen MR) is 51.7 cm³/mol. The van der Waals surface area contributed by atoms with Crippen LogP contribution in [-0.4, -0.2) is 5.11 Å². The Morgan fingerprint density at radius 2 is 2.15 bits per heavy atom. The van der Waals surface area contributed by atoms with Crippen LogP contribution in [0.15, 0.2) is 47.1 Å². The van der Waals surface area contributed by atoms with Gasteiger partial charge >= 0.3 is 0 Å². The lowest BCUT2D eigenvalue weighted by Gasteiger charge is -1.85. The van der Waals surface area contributed by atoms with Gasteiger partial charge in [0.05, 0.1) is 6.26 Å². The number of hydrogen-bond donors (Lipinski definition) is 1. The molecule has 0 spiro atoms. The molecule has 0 amide bonds. The minimum absolute atomic E-state index is 0.630. The second-order valence-corrected chi connectivity index (χ2v) is 2.84. The Bertz CT molecular complexity index is 393. The maximum absolute atomic E-state index is 8.48. The topological polar surface area (TPSA) is 33.4 Å². The average molecular weight is 174 g/mol. The largest absolute Gasteiger partial charge is 0.516 e. The molecule has 1 aromatic carbocycles. The second-order valence-electron chi connectivity index (χ2n) is 2.84. The van der Waals surface area contributed by atoms with Gasteiger partial charge in [0.1, 0.15) is 11.3 Å². The lowest BCUT2D eigenvalue weighted by atomic mass is 10.2. The summed E-state index contributed by atoms with van der Waals surface area (Å²) in [5.41, 5.74) is 0.892. The number of aliphatic hydroxyl groups is 1. The molecule has 2 rings (SSSR count). The molecule has 0 aliphatic rings. The molecule has 0 aliphatic carbocycles. The molecule has 1 heterocycles. The number of benzene rings is 1. The van der Waals surface area contributed by atoms with Crippen LogP contribution in [0, 0.1) is 0 Å². The van der Waals surface area contributed by atoms with Crippen LogP contribution in [0.25, 0.3) is 11.0 Å². The van der Waals surface area contributed by atoms with E-state index in [-0.39, 0.29) is 0 Å². The number of para-hydroxylation sites is 1. The highest BCUT2D eigenvalue weighted by Crippen LogP contribution is 2.18. The summed E-state index contributed by atoms with van der Waals surface area (Å²) in [6, 6.07) is 9.84. The van der Waals surface area contributed by atoms with E-state index in [0.29, 0.717) is 6.42 Å². The zero-order valence-electron chi connectivity index (χ0n) is 7.10. The summed E-state index contributed by atoms with van der Waals surface area (Å²) in [6.45, 7) is 0. The first-order valence-corrected chi connectivity index (χ1v) is 4.17. The third-order valence-corrected chi connectivity index (χ3v) is 1.90. The molecule has 0 saturated heterocycles. The normalized spacial score (nSPS) is 11.4. The van der Waals surface area contributed by atoms with Gasteiger partial charge in [-0.15, -0.1) is 0 Å². The Balaban J connectivity index is 2.38. The van der Waals surface area contributed by atoms with Crippen LogP contribution in [0.2, 0.25) is 0 Å². The van der Waals surface area contributed by atoms with Crippen molar-refractivity contribution in [1.82, 2.24) is 0 Å². The number of hydrogen-bond acceptors (Lipinski definition) is 2. The fourth-order valence-electron chi connectivity index (χ4n) is 1.31. The minimum atomic E-state index is 0.630. The summed E-state index contributed by atoms with van der Waals surface area (Å²) in [5, 5.41) is 9.58. The second kappa shape index (κ2) is 3.35. The number of allylic oxidation sites excluding steroid dienone is 1. The van der Waals surface area contributed by atoms with Crippen LogP contribution < -0.4 is 0 Å². The van der Waals surface area contributed by atoms with E-state index in [1.165, 1.54) is 0 Å². The van der Waals surface area contributed by atoms with Gasteiger partial charge in [-0.3, -0.25) is 0 Å². The van der Waals surface area contributed by atoms with Crippen molar-refractivity contribution >= 4 is 11.0 Å². The van der Waals surface area contributed by atoms with Crippen LogP contribution in [0.4, 0.5) is 0 Å². The third kappa shape index (κ3) is 1.56. The van der Waals surface area contributed by atoms with E-state index in [9.17, 15) is 0 Å². The van der Waals surface area contributed by atoms with Crippen molar-refractivity contribution in [2.45, 2.75) is 6.42 Å². The van der Waals surface area contributed by atoms with E-state index in [4.69, 9.17) is 9.52 Å². The monoisotopic (exact) mass is 174 g/mol. The van der Waals surface area contributed by atoms with Gasteiger partial charge in [0, 0.05) is 11.8 Å². The molecule has 2 heteroatoms. The molecule has 0 atom stereocenters. The average Bonchev–Trinajstić information content (AvgIpc) is 2.57. The van der Waals surface area contributed by atoms with Crippen molar-refractivity contribution in [1.29, 1.82) is 0 Å². The molecular formula is C11H10O2. The predicted octanol–water partition coefficient (Wildman–Crippen LogP) is 3.05. The fraction of sp³-hybridized carbons (Fsp3) is 0.0909. The molecule has 0 saturated carbocycles. The van der Waals surface area contributed by atoms with E-state index >= 15 is 0 Å². The van der Waals surface area contributed by atoms with Crippen molar-refractivity contribution in [3.8, 4) is 0 Å². The highest BCUT2D eigenvalue weighted by atomic mass is 16.3. The number of aliphatic hydroxyl groups excluding tert-OH is 1. The van der Waals surface area contributed by atoms with Gasteiger partial charge in [0.25, 0.3) is 0 Å². The van der Waals surface area contributed by atoms with Crippen LogP contribution in [0.3, 0.4) is 0 Å². The third-order valence-electron chi connectivity index (χ3n) is 1.90. The van der Waals surface area contributed by atoms with E-state index in [1.54, 1.807) is 6.08 Å². The van der Waals surface area contributed by atoms with Crippen LogP contribution >= 0.6 is 0 Å². The van der Waals surface area contributed by atoms with Gasteiger partial charge in [-0.25, -0.2) is 0 Å². The first kappa shape index (κ1) is 7.92. The molecule has 2 nitrogen and oxygen atoms in total. The summed E-state index contributed by atoms with van der Waals surface area (Å²) < 4.78 is 5.51. The van der Waals surface area contributed by atoms with E-state index in [1.807, 2.05) is 30.3 Å². The van der Waals surface area contributed by atoms with Crippen molar-refractivity contribution in [3.63, 3.8) is 0 Å². The molecule has 0 unspecified atom stereocenters. The molecule has 13 heavy (non-hydrogen) atoms. The van der Waals surface area contributed by atoms with Crippen molar-refractivity contribution in [3.05, 3.63) is 48.4 Å². The summed E-state index contributed by atoms with van der Waals surface area (Å²) in [4.78, 5) is 0. The Morgan fingerprint density at radius 3 is 2.92 bits per heavy atom. The molecule has 2 aromatic rings. The zero-order valence-corrected chi connectivity index (χ0v) is 7.10. The Labute approximate surface area is 76.1 Å². The number of rotatable bonds is 2. The molecular weight excluding hydrogens is 164 g/mol. The SMILES string of the molecule is O/C=C/Cc1cc2ccccc2o1. The molecule has 1 aromatic heterocycles. The standard InChI is InChI=1S/C11H10O2/c12-7-3-5-10-8-9-4-1-2-6-11(9)13-10/h1-4,6-8,12H,5H2/b7-3+.